The first-order valence-corrected chi connectivity index (χ1v) is 29.0. The first-order chi connectivity index (χ1) is 38.2. The van der Waals surface area contributed by atoms with Crippen LogP contribution < -0.4 is 15.1 Å². The zero-order valence-corrected chi connectivity index (χ0v) is 51.0. The summed E-state index contributed by atoms with van der Waals surface area (Å²) < 4.78 is 35.2. The molecule has 2 aromatic carbocycles. The van der Waals surface area contributed by atoms with Crippen molar-refractivity contribution in [1.82, 2.24) is 20.0 Å². The number of carboxylic acids is 1. The number of anilines is 2. The lowest BCUT2D eigenvalue weighted by Gasteiger charge is -2.38. The average molecular weight is 1140 g/mol. The second-order valence-corrected chi connectivity index (χ2v) is 23.5. The summed E-state index contributed by atoms with van der Waals surface area (Å²) in [5, 5.41) is 12.6. The molecule has 3 amide bonds. The second kappa shape index (κ2) is 32.7. The molecule has 2 N–H and O–H groups in total. The number of esters is 3. The highest BCUT2D eigenvalue weighted by Crippen LogP contribution is 2.26. The summed E-state index contributed by atoms with van der Waals surface area (Å²) >= 11 is 0. The molecule has 20 nitrogen and oxygen atoms in total. The molecule has 2 aliphatic heterocycles. The molecule has 0 saturated carbocycles. The van der Waals surface area contributed by atoms with Gasteiger partial charge in [0.2, 0.25) is 0 Å². The fourth-order valence-electron chi connectivity index (χ4n) is 10.2. The van der Waals surface area contributed by atoms with Gasteiger partial charge in [0.05, 0.1) is 38.6 Å². The fourth-order valence-corrected chi connectivity index (χ4v) is 10.2. The molecule has 2 aromatic rings. The van der Waals surface area contributed by atoms with E-state index in [0.29, 0.717) is 57.9 Å². The van der Waals surface area contributed by atoms with Gasteiger partial charge in [0, 0.05) is 71.5 Å². The Bertz CT molecular complexity index is 2320. The van der Waals surface area contributed by atoms with E-state index in [1.165, 1.54) is 25.9 Å². The smallest absolute Gasteiger partial charge is 0.344 e. The maximum absolute atomic E-state index is 14.9. The maximum Gasteiger partial charge on any atom is 0.344 e. The van der Waals surface area contributed by atoms with Crippen molar-refractivity contribution in [2.45, 2.75) is 169 Å². The van der Waals surface area contributed by atoms with Crippen LogP contribution in [0.2, 0.25) is 0 Å². The lowest BCUT2D eigenvalue weighted by molar-refractivity contribution is -0.173. The largest absolute Gasteiger partial charge is 0.479 e. The predicted molar refractivity (Wildman–Crippen MR) is 310 cm³/mol. The molecular formula is C61H96N6O14. The van der Waals surface area contributed by atoms with Crippen molar-refractivity contribution in [2.75, 3.05) is 90.6 Å². The summed E-state index contributed by atoms with van der Waals surface area (Å²) in [6, 6.07) is 11.8. The summed E-state index contributed by atoms with van der Waals surface area (Å²) in [4.78, 5) is 106. The number of aliphatic carboxylic acids is 1. The molecule has 4 rings (SSSR count). The number of hydrogen-bond donors (Lipinski definition) is 2. The van der Waals surface area contributed by atoms with Gasteiger partial charge in [-0.05, 0) is 113 Å². The van der Waals surface area contributed by atoms with Crippen LogP contribution in [-0.4, -0.2) is 197 Å². The van der Waals surface area contributed by atoms with E-state index in [0.717, 1.165) is 34.9 Å². The molecule has 1 unspecified atom stereocenters. The first kappa shape index (κ1) is 67.7. The number of morpholine rings is 2. The molecule has 454 valence electrons. The van der Waals surface area contributed by atoms with E-state index >= 15 is 0 Å². The quantitative estimate of drug-likeness (QED) is 0.0649. The van der Waals surface area contributed by atoms with Crippen LogP contribution in [0, 0.1) is 23.7 Å². The number of nitrogens with zero attached hydrogens (tertiary/aromatic N) is 5. The molecule has 20 heteroatoms. The Morgan fingerprint density at radius 2 is 0.901 bits per heavy atom. The van der Waals surface area contributed by atoms with Gasteiger partial charge in [0.1, 0.15) is 24.2 Å². The van der Waals surface area contributed by atoms with Crippen LogP contribution in [0.1, 0.15) is 113 Å². The fraction of sp³-hybridized carbons (Fsp3) is 0.689. The minimum absolute atomic E-state index is 0.0700. The number of amides is 3. The highest BCUT2D eigenvalue weighted by Gasteiger charge is 2.41. The number of nitrogens with one attached hydrogen (secondary N) is 1. The molecular weight excluding hydrogens is 1040 g/mol. The standard InChI is InChI=1S/C61H96N6O14/c1-38(2)32-49(62-12)59(73)80-53(36-45-16-20-47(21-17-45)66-24-28-76-29-25-66)56(69)63(13)50(33-39(3)4)42(9)78-43(10)55(68)64(14)52(35-41(7)8)61(75)81-54(37-46-18-22-48(23-19-46)67-26-30-77-31-27-67)57(70)65(15)51(34-40(5)6)60(74)79-44(11)58(71)72/h16-23,38-44,49-54,62H,24-37H2,1-15H3,(H,71,72)/t42?,43-,44-,49+,50+,51+,52+,53-,54-/m1/s1. The summed E-state index contributed by atoms with van der Waals surface area (Å²) in [5.74, 6) is -5.37. The van der Waals surface area contributed by atoms with Crippen LogP contribution in [0.25, 0.3) is 0 Å². The van der Waals surface area contributed by atoms with Crippen LogP contribution in [0.15, 0.2) is 48.5 Å². The molecule has 0 radical (unpaired) electrons. The Morgan fingerprint density at radius 3 is 1.30 bits per heavy atom. The van der Waals surface area contributed by atoms with Gasteiger partial charge in [-0.25, -0.2) is 14.4 Å². The van der Waals surface area contributed by atoms with E-state index in [2.05, 4.69) is 15.1 Å². The summed E-state index contributed by atoms with van der Waals surface area (Å²) in [5.41, 5.74) is 3.45. The van der Waals surface area contributed by atoms with Gasteiger partial charge in [-0.15, -0.1) is 0 Å². The van der Waals surface area contributed by atoms with Crippen LogP contribution in [0.5, 0.6) is 0 Å². The topological polar surface area (TPSA) is 223 Å². The lowest BCUT2D eigenvalue weighted by Crippen LogP contribution is -2.54. The molecule has 0 spiro atoms. The van der Waals surface area contributed by atoms with E-state index in [9.17, 15) is 38.7 Å². The maximum atomic E-state index is 14.9. The third kappa shape index (κ3) is 20.8. The van der Waals surface area contributed by atoms with Gasteiger partial charge >= 0.3 is 23.9 Å². The molecule has 0 bridgehead atoms. The zero-order valence-electron chi connectivity index (χ0n) is 51.0. The molecule has 9 atom stereocenters. The summed E-state index contributed by atoms with van der Waals surface area (Å²) in [7, 11) is 6.23. The number of ether oxygens (including phenoxy) is 6. The molecule has 2 aliphatic rings. The van der Waals surface area contributed by atoms with Crippen molar-refractivity contribution in [3.8, 4) is 0 Å². The predicted octanol–water partition coefficient (Wildman–Crippen LogP) is 6.03. The Labute approximate surface area is 481 Å². The number of carboxylic acid groups (broad SMARTS) is 1. The summed E-state index contributed by atoms with van der Waals surface area (Å²) in [6.07, 6.45) is -4.74. The minimum Gasteiger partial charge on any atom is -0.479 e. The molecule has 0 aromatic heterocycles. The molecule has 2 saturated heterocycles. The second-order valence-electron chi connectivity index (χ2n) is 23.5. The van der Waals surface area contributed by atoms with E-state index < -0.39 is 96.3 Å². The Morgan fingerprint density at radius 1 is 0.519 bits per heavy atom. The van der Waals surface area contributed by atoms with Crippen LogP contribution in [0.3, 0.4) is 0 Å². The number of carbonyl (C=O) groups is 7. The van der Waals surface area contributed by atoms with Gasteiger partial charge < -0.3 is 63.3 Å². The van der Waals surface area contributed by atoms with Gasteiger partial charge in [-0.2, -0.15) is 0 Å². The number of hydrogen-bond acceptors (Lipinski definition) is 16. The number of carbonyl (C=O) groups excluding carboxylic acids is 6. The van der Waals surface area contributed by atoms with Gasteiger partial charge in [0.25, 0.3) is 17.7 Å². The Hall–Kier alpha value is -5.83. The highest BCUT2D eigenvalue weighted by molar-refractivity contribution is 5.91. The minimum atomic E-state index is -1.48. The van der Waals surface area contributed by atoms with Crippen LogP contribution >= 0.6 is 0 Å². The normalized spacial score (nSPS) is 17.3. The van der Waals surface area contributed by atoms with Crippen molar-refractivity contribution < 1.29 is 67.1 Å². The van der Waals surface area contributed by atoms with Crippen molar-refractivity contribution >= 4 is 53.0 Å². The third-order valence-corrected chi connectivity index (χ3v) is 14.9. The highest BCUT2D eigenvalue weighted by atomic mass is 16.6. The molecule has 0 aliphatic carbocycles. The van der Waals surface area contributed by atoms with Crippen molar-refractivity contribution in [3.05, 3.63) is 59.7 Å². The van der Waals surface area contributed by atoms with E-state index in [1.807, 2.05) is 104 Å². The third-order valence-electron chi connectivity index (χ3n) is 14.9. The van der Waals surface area contributed by atoms with Crippen molar-refractivity contribution in [3.63, 3.8) is 0 Å². The number of likely N-dealkylation sites (N-methyl/N-ethyl adjacent to an activating group) is 4. The van der Waals surface area contributed by atoms with Gasteiger partial charge in [-0.1, -0.05) is 79.7 Å². The Balaban J connectivity index is 1.61. The average Bonchev–Trinajstić information content (AvgIpc) is 3.46. The van der Waals surface area contributed by atoms with E-state index in [-0.39, 0.29) is 49.4 Å². The van der Waals surface area contributed by atoms with E-state index in [1.54, 1.807) is 32.8 Å². The SMILES string of the molecule is CN[C@@H](CC(C)C)C(=O)O[C@H](Cc1ccc(N2CCOCC2)cc1)C(=O)N(C)[C@@H](CC(C)C)C(C)O[C@H](C)C(=O)N(C)[C@@H](CC(C)C)C(=O)O[C@H](Cc1ccc(N2CCOCC2)cc1)C(=O)N(C)[C@@H](CC(C)C)C(=O)O[C@H](C)C(=O)O. The van der Waals surface area contributed by atoms with Gasteiger partial charge in [0.15, 0.2) is 18.3 Å². The monoisotopic (exact) mass is 1140 g/mol. The van der Waals surface area contributed by atoms with E-state index in [4.69, 9.17) is 28.4 Å². The zero-order chi connectivity index (χ0) is 60.2. The lowest BCUT2D eigenvalue weighted by atomic mass is 9.97. The van der Waals surface area contributed by atoms with Gasteiger partial charge in [-0.3, -0.25) is 19.2 Å². The Kier molecular flexibility index (Phi) is 27.3. The summed E-state index contributed by atoms with van der Waals surface area (Å²) in [6.45, 7) is 25.5. The number of rotatable bonds is 31. The first-order valence-electron chi connectivity index (χ1n) is 29.0. The van der Waals surface area contributed by atoms with Crippen molar-refractivity contribution in [2.24, 2.45) is 23.7 Å². The van der Waals surface area contributed by atoms with Crippen LogP contribution in [0.4, 0.5) is 11.4 Å². The molecule has 2 heterocycles. The van der Waals surface area contributed by atoms with Crippen LogP contribution in [-0.2, 0) is 74.8 Å². The molecule has 81 heavy (non-hydrogen) atoms. The number of benzene rings is 2. The van der Waals surface area contributed by atoms with Crippen molar-refractivity contribution in [1.29, 1.82) is 0 Å². The molecule has 2 fully saturated rings.